The second-order valence-electron chi connectivity index (χ2n) is 6.65. The summed E-state index contributed by atoms with van der Waals surface area (Å²) in [6.07, 6.45) is 1.63. The van der Waals surface area contributed by atoms with Gasteiger partial charge in [0.05, 0.1) is 12.2 Å². The number of nitrogens with one attached hydrogen (secondary N) is 1. The standard InChI is InChI=1S/C20H29N5O2/c1-3-21-20(22-8-14-26-19-6-4-5-17(2)15-19)25-11-9-24(10-12-25)16-18-7-13-27-23-18/h4-7,13,15H,3,8-12,14,16H2,1-2H3,(H,21,22). The molecule has 0 amide bonds. The molecule has 1 aromatic carbocycles. The highest BCUT2D eigenvalue weighted by Gasteiger charge is 2.20. The molecule has 7 heteroatoms. The third-order valence-electron chi connectivity index (χ3n) is 4.49. The number of piperazine rings is 1. The van der Waals surface area contributed by atoms with Gasteiger partial charge in [-0.2, -0.15) is 0 Å². The first-order valence-electron chi connectivity index (χ1n) is 9.59. The number of rotatable bonds is 7. The van der Waals surface area contributed by atoms with Crippen molar-refractivity contribution >= 4 is 5.96 Å². The summed E-state index contributed by atoms with van der Waals surface area (Å²) < 4.78 is 10.7. The van der Waals surface area contributed by atoms with Crippen LogP contribution < -0.4 is 10.1 Å². The summed E-state index contributed by atoms with van der Waals surface area (Å²) in [5.74, 6) is 1.86. The highest BCUT2D eigenvalue weighted by molar-refractivity contribution is 5.80. The van der Waals surface area contributed by atoms with Crippen LogP contribution in [-0.2, 0) is 6.54 Å². The van der Waals surface area contributed by atoms with Gasteiger partial charge in [-0.25, -0.2) is 4.99 Å². The van der Waals surface area contributed by atoms with Crippen LogP contribution in [-0.4, -0.2) is 66.8 Å². The van der Waals surface area contributed by atoms with E-state index in [9.17, 15) is 0 Å². The minimum Gasteiger partial charge on any atom is -0.492 e. The molecule has 0 bridgehead atoms. The molecule has 0 unspecified atom stereocenters. The Kier molecular flexibility index (Phi) is 7.10. The van der Waals surface area contributed by atoms with E-state index in [1.807, 2.05) is 24.3 Å². The van der Waals surface area contributed by atoms with Crippen LogP contribution in [0.25, 0.3) is 0 Å². The summed E-state index contributed by atoms with van der Waals surface area (Å²) in [5, 5.41) is 7.39. The number of hydrogen-bond acceptors (Lipinski definition) is 5. The van der Waals surface area contributed by atoms with Crippen LogP contribution in [0.15, 0.2) is 46.1 Å². The SMILES string of the molecule is CCNC(=NCCOc1cccc(C)c1)N1CCN(Cc2ccon2)CC1. The zero-order chi connectivity index (χ0) is 18.9. The fraction of sp³-hybridized carbons (Fsp3) is 0.500. The first-order chi connectivity index (χ1) is 13.2. The molecule has 1 aliphatic rings. The fourth-order valence-corrected chi connectivity index (χ4v) is 3.11. The van der Waals surface area contributed by atoms with Crippen LogP contribution in [0.4, 0.5) is 0 Å². The van der Waals surface area contributed by atoms with Crippen molar-refractivity contribution in [1.82, 2.24) is 20.3 Å². The number of benzene rings is 1. The van der Waals surface area contributed by atoms with Gasteiger partial charge in [-0.1, -0.05) is 17.3 Å². The minimum absolute atomic E-state index is 0.574. The van der Waals surface area contributed by atoms with Crippen LogP contribution in [0.1, 0.15) is 18.2 Å². The maximum atomic E-state index is 5.80. The lowest BCUT2D eigenvalue weighted by Crippen LogP contribution is -2.52. The predicted molar refractivity (Wildman–Crippen MR) is 106 cm³/mol. The molecule has 1 N–H and O–H groups in total. The zero-order valence-electron chi connectivity index (χ0n) is 16.2. The Labute approximate surface area is 161 Å². The van der Waals surface area contributed by atoms with Crippen LogP contribution >= 0.6 is 0 Å². The molecular formula is C20H29N5O2. The van der Waals surface area contributed by atoms with Gasteiger partial charge >= 0.3 is 0 Å². The fourth-order valence-electron chi connectivity index (χ4n) is 3.11. The molecule has 2 heterocycles. The number of nitrogens with zero attached hydrogens (tertiary/aromatic N) is 4. The van der Waals surface area contributed by atoms with Gasteiger partial charge in [-0.15, -0.1) is 0 Å². The first-order valence-corrected chi connectivity index (χ1v) is 9.59. The quantitative estimate of drug-likeness (QED) is 0.457. The average molecular weight is 371 g/mol. The molecule has 1 aliphatic heterocycles. The van der Waals surface area contributed by atoms with E-state index in [4.69, 9.17) is 14.3 Å². The number of guanidine groups is 1. The summed E-state index contributed by atoms with van der Waals surface area (Å²) in [7, 11) is 0. The smallest absolute Gasteiger partial charge is 0.194 e. The lowest BCUT2D eigenvalue weighted by molar-refractivity contribution is 0.169. The Bertz CT molecular complexity index is 709. The zero-order valence-corrected chi connectivity index (χ0v) is 16.2. The van der Waals surface area contributed by atoms with E-state index >= 15 is 0 Å². The number of aryl methyl sites for hydroxylation is 1. The molecule has 1 aromatic heterocycles. The minimum atomic E-state index is 0.574. The molecule has 0 atom stereocenters. The Balaban J connectivity index is 1.46. The van der Waals surface area contributed by atoms with Crippen molar-refractivity contribution in [3.8, 4) is 5.75 Å². The van der Waals surface area contributed by atoms with E-state index < -0.39 is 0 Å². The largest absolute Gasteiger partial charge is 0.492 e. The van der Waals surface area contributed by atoms with Crippen LogP contribution in [0.3, 0.4) is 0 Å². The maximum absolute atomic E-state index is 5.80. The maximum Gasteiger partial charge on any atom is 0.194 e. The van der Waals surface area contributed by atoms with E-state index in [-0.39, 0.29) is 0 Å². The van der Waals surface area contributed by atoms with E-state index in [0.717, 1.165) is 56.7 Å². The van der Waals surface area contributed by atoms with E-state index in [1.165, 1.54) is 5.56 Å². The van der Waals surface area contributed by atoms with E-state index in [0.29, 0.717) is 13.2 Å². The lowest BCUT2D eigenvalue weighted by atomic mass is 10.2. The van der Waals surface area contributed by atoms with Crippen molar-refractivity contribution in [2.45, 2.75) is 20.4 Å². The number of aromatic nitrogens is 1. The molecule has 0 saturated carbocycles. The molecule has 0 spiro atoms. The summed E-state index contributed by atoms with van der Waals surface area (Å²) in [4.78, 5) is 9.44. The molecule has 7 nitrogen and oxygen atoms in total. The number of ether oxygens (including phenoxy) is 1. The van der Waals surface area contributed by atoms with Crippen molar-refractivity contribution in [2.75, 3.05) is 45.9 Å². The summed E-state index contributed by atoms with van der Waals surface area (Å²) in [6.45, 7) is 10.9. The molecule has 0 radical (unpaired) electrons. The summed E-state index contributed by atoms with van der Waals surface area (Å²) >= 11 is 0. The topological polar surface area (TPSA) is 66.1 Å². The third kappa shape index (κ3) is 5.99. The molecule has 1 saturated heterocycles. The third-order valence-corrected chi connectivity index (χ3v) is 4.49. The van der Waals surface area contributed by atoms with Crippen molar-refractivity contribution in [3.63, 3.8) is 0 Å². The molecule has 0 aliphatic carbocycles. The normalized spacial score (nSPS) is 15.8. The van der Waals surface area contributed by atoms with E-state index in [2.05, 4.69) is 40.2 Å². The van der Waals surface area contributed by atoms with Crippen molar-refractivity contribution in [3.05, 3.63) is 47.9 Å². The van der Waals surface area contributed by atoms with Gasteiger partial charge in [0.15, 0.2) is 5.96 Å². The van der Waals surface area contributed by atoms with Crippen molar-refractivity contribution in [1.29, 1.82) is 0 Å². The van der Waals surface area contributed by atoms with Crippen LogP contribution in [0.5, 0.6) is 5.75 Å². The Morgan fingerprint density at radius 1 is 1.26 bits per heavy atom. The highest BCUT2D eigenvalue weighted by atomic mass is 16.5. The average Bonchev–Trinajstić information content (AvgIpc) is 3.18. The molecule has 3 rings (SSSR count). The van der Waals surface area contributed by atoms with Gasteiger partial charge in [0, 0.05) is 45.3 Å². The molecule has 27 heavy (non-hydrogen) atoms. The van der Waals surface area contributed by atoms with Gasteiger partial charge < -0.3 is 19.5 Å². The van der Waals surface area contributed by atoms with Crippen LogP contribution in [0, 0.1) is 6.92 Å². The first kappa shape index (κ1) is 19.2. The molecule has 2 aromatic rings. The lowest BCUT2D eigenvalue weighted by Gasteiger charge is -2.36. The molecule has 1 fully saturated rings. The second-order valence-corrected chi connectivity index (χ2v) is 6.65. The second kappa shape index (κ2) is 9.97. The molecular weight excluding hydrogens is 342 g/mol. The number of aliphatic imine (C=N–C) groups is 1. The van der Waals surface area contributed by atoms with Gasteiger partial charge in [-0.05, 0) is 31.5 Å². The summed E-state index contributed by atoms with van der Waals surface area (Å²) in [5.41, 5.74) is 2.19. The van der Waals surface area contributed by atoms with Gasteiger partial charge in [-0.3, -0.25) is 4.90 Å². The van der Waals surface area contributed by atoms with E-state index in [1.54, 1.807) is 6.26 Å². The summed E-state index contributed by atoms with van der Waals surface area (Å²) in [6, 6.07) is 10.0. The van der Waals surface area contributed by atoms with Gasteiger partial charge in [0.25, 0.3) is 0 Å². The van der Waals surface area contributed by atoms with Gasteiger partial charge in [0.1, 0.15) is 18.6 Å². The van der Waals surface area contributed by atoms with Crippen molar-refractivity contribution in [2.24, 2.45) is 4.99 Å². The number of hydrogen-bond donors (Lipinski definition) is 1. The van der Waals surface area contributed by atoms with Crippen LogP contribution in [0.2, 0.25) is 0 Å². The predicted octanol–water partition coefficient (Wildman–Crippen LogP) is 2.15. The highest BCUT2D eigenvalue weighted by Crippen LogP contribution is 2.12. The Morgan fingerprint density at radius 3 is 2.81 bits per heavy atom. The Morgan fingerprint density at radius 2 is 2.11 bits per heavy atom. The molecule has 146 valence electrons. The van der Waals surface area contributed by atoms with Crippen molar-refractivity contribution < 1.29 is 9.26 Å². The van der Waals surface area contributed by atoms with Gasteiger partial charge in [0.2, 0.25) is 0 Å². The Hall–Kier alpha value is -2.54. The monoisotopic (exact) mass is 371 g/mol.